The van der Waals surface area contributed by atoms with E-state index in [-0.39, 0.29) is 11.4 Å². The number of fused-ring (bicyclic) bond motifs is 2. The van der Waals surface area contributed by atoms with Crippen LogP contribution in [0.5, 0.6) is 0 Å². The van der Waals surface area contributed by atoms with Gasteiger partial charge in [-0.2, -0.15) is 0 Å². The van der Waals surface area contributed by atoms with Gasteiger partial charge in [-0.05, 0) is 47.2 Å². The molecule has 3 heterocycles. The summed E-state index contributed by atoms with van der Waals surface area (Å²) in [6.07, 6.45) is 0. The molecule has 0 spiro atoms. The lowest BCUT2D eigenvalue weighted by molar-refractivity contribution is -0.144. The Balaban J connectivity index is 1.37. The lowest BCUT2D eigenvalue weighted by Gasteiger charge is -2.16. The van der Waals surface area contributed by atoms with Crippen molar-refractivity contribution in [3.05, 3.63) is 102 Å². The second-order valence-corrected chi connectivity index (χ2v) is 8.89. The van der Waals surface area contributed by atoms with E-state index in [1.54, 1.807) is 12.1 Å². The first-order chi connectivity index (χ1) is 19.4. The molecule has 0 fully saturated rings. The number of aromatic nitrogens is 3. The molecular formula is C29H25N5O6. The zero-order valence-electron chi connectivity index (χ0n) is 21.6. The maximum atomic E-state index is 13.1. The molecule has 2 atom stereocenters. The van der Waals surface area contributed by atoms with Crippen molar-refractivity contribution in [2.45, 2.75) is 12.1 Å². The number of nitrogens with one attached hydrogen (secondary N) is 4. The van der Waals surface area contributed by atoms with E-state index in [0.29, 0.717) is 11.4 Å². The second-order valence-electron chi connectivity index (χ2n) is 8.89. The van der Waals surface area contributed by atoms with Crippen LogP contribution in [0.25, 0.3) is 21.8 Å². The number of nitrogens with zero attached hydrogens (tertiary/aromatic N) is 1. The quantitative estimate of drug-likeness (QED) is 0.220. The lowest BCUT2D eigenvalue weighted by atomic mass is 10.1. The van der Waals surface area contributed by atoms with Crippen molar-refractivity contribution >= 4 is 45.6 Å². The largest absolute Gasteiger partial charge is 0.467 e. The fraction of sp³-hybridized carbons (Fsp3) is 0.138. The standard InChI is InChI=1S/C29H25N5O6/c1-39-28(37)24(22-14-16-8-3-5-10-18(16)30-22)33-26(35)20-12-7-13-21(32-20)27(36)34-25(29(38)40-2)23-15-17-9-4-6-11-19(17)31-23/h3-15,24-25,30-31H,1-2H3,(H,33,35)(H,34,36)/t24-,25-/m1/s1. The number of aromatic amines is 2. The Bertz CT molecular complexity index is 1550. The van der Waals surface area contributed by atoms with Gasteiger partial charge in [0.25, 0.3) is 11.8 Å². The first-order valence-corrected chi connectivity index (χ1v) is 12.3. The molecule has 0 aliphatic rings. The smallest absolute Gasteiger partial charge is 0.334 e. The Morgan fingerprint density at radius 1 is 0.650 bits per heavy atom. The van der Waals surface area contributed by atoms with Crippen LogP contribution in [0, 0.1) is 0 Å². The van der Waals surface area contributed by atoms with Gasteiger partial charge < -0.3 is 30.1 Å². The average molecular weight is 540 g/mol. The summed E-state index contributed by atoms with van der Waals surface area (Å²) >= 11 is 0. The predicted octanol–water partition coefficient (Wildman–Crippen LogP) is 3.33. The van der Waals surface area contributed by atoms with E-state index < -0.39 is 35.8 Å². The zero-order valence-corrected chi connectivity index (χ0v) is 21.6. The summed E-state index contributed by atoms with van der Waals surface area (Å²) in [6, 6.07) is 20.3. The van der Waals surface area contributed by atoms with Gasteiger partial charge in [0, 0.05) is 11.0 Å². The van der Waals surface area contributed by atoms with E-state index in [4.69, 9.17) is 9.47 Å². The highest BCUT2D eigenvalue weighted by Crippen LogP contribution is 2.23. The minimum Gasteiger partial charge on any atom is -0.467 e. The average Bonchev–Trinajstić information content (AvgIpc) is 3.62. The highest BCUT2D eigenvalue weighted by Gasteiger charge is 2.28. The summed E-state index contributed by atoms with van der Waals surface area (Å²) in [7, 11) is 2.44. The summed E-state index contributed by atoms with van der Waals surface area (Å²) in [6.45, 7) is 0. The van der Waals surface area contributed by atoms with Crippen LogP contribution in [-0.4, -0.2) is 52.9 Å². The van der Waals surface area contributed by atoms with Crippen molar-refractivity contribution in [2.75, 3.05) is 14.2 Å². The van der Waals surface area contributed by atoms with Gasteiger partial charge in [0.2, 0.25) is 0 Å². The Labute approximate surface area is 227 Å². The molecular weight excluding hydrogens is 514 g/mol. The second kappa shape index (κ2) is 11.1. The summed E-state index contributed by atoms with van der Waals surface area (Å²) in [5.74, 6) is -2.78. The SMILES string of the molecule is COC(=O)[C@H](NC(=O)c1cccc(C(=O)N[C@@H](C(=O)OC)c2cc3ccccc3[nH]2)n1)c1cc2ccccc2[nH]1. The van der Waals surface area contributed by atoms with Crippen molar-refractivity contribution in [3.63, 3.8) is 0 Å². The topological polar surface area (TPSA) is 155 Å². The number of carbonyl (C=O) groups excluding carboxylic acids is 4. The zero-order chi connectivity index (χ0) is 28.2. The minimum atomic E-state index is -1.14. The molecule has 0 saturated carbocycles. The molecule has 5 rings (SSSR count). The van der Waals surface area contributed by atoms with E-state index in [1.807, 2.05) is 48.5 Å². The van der Waals surface area contributed by atoms with Gasteiger partial charge in [0.15, 0.2) is 12.1 Å². The van der Waals surface area contributed by atoms with Gasteiger partial charge in [0.05, 0.1) is 25.6 Å². The molecule has 3 aromatic heterocycles. The van der Waals surface area contributed by atoms with Gasteiger partial charge >= 0.3 is 11.9 Å². The van der Waals surface area contributed by atoms with Crippen molar-refractivity contribution in [3.8, 4) is 0 Å². The van der Waals surface area contributed by atoms with Crippen LogP contribution in [0.2, 0.25) is 0 Å². The fourth-order valence-corrected chi connectivity index (χ4v) is 4.36. The minimum absolute atomic E-state index is 0.113. The Morgan fingerprint density at radius 3 is 1.48 bits per heavy atom. The van der Waals surface area contributed by atoms with Gasteiger partial charge in [-0.1, -0.05) is 42.5 Å². The van der Waals surface area contributed by atoms with Crippen molar-refractivity contribution in [2.24, 2.45) is 0 Å². The molecule has 0 bridgehead atoms. The summed E-state index contributed by atoms with van der Waals surface area (Å²) in [5, 5.41) is 6.94. The molecule has 0 unspecified atom stereocenters. The molecule has 40 heavy (non-hydrogen) atoms. The molecule has 0 radical (unpaired) electrons. The van der Waals surface area contributed by atoms with Crippen molar-refractivity contribution in [1.82, 2.24) is 25.6 Å². The third kappa shape index (κ3) is 5.25. The van der Waals surface area contributed by atoms with Crippen LogP contribution in [-0.2, 0) is 19.1 Å². The number of esters is 2. The molecule has 4 N–H and O–H groups in total. The Kier molecular flexibility index (Phi) is 7.27. The first kappa shape index (κ1) is 26.2. The molecule has 5 aromatic rings. The summed E-state index contributed by atoms with van der Waals surface area (Å²) in [4.78, 5) is 61.8. The highest BCUT2D eigenvalue weighted by molar-refractivity contribution is 5.99. The number of H-pyrrole nitrogens is 2. The van der Waals surface area contributed by atoms with E-state index in [9.17, 15) is 19.2 Å². The van der Waals surface area contributed by atoms with E-state index in [1.165, 1.54) is 32.4 Å². The third-order valence-electron chi connectivity index (χ3n) is 6.36. The highest BCUT2D eigenvalue weighted by atomic mass is 16.5. The molecule has 11 nitrogen and oxygen atoms in total. The lowest BCUT2D eigenvalue weighted by Crippen LogP contribution is -2.37. The monoisotopic (exact) mass is 539 g/mol. The maximum absolute atomic E-state index is 13.1. The number of carbonyl (C=O) groups is 4. The number of methoxy groups -OCH3 is 2. The number of para-hydroxylation sites is 2. The molecule has 2 aromatic carbocycles. The molecule has 11 heteroatoms. The van der Waals surface area contributed by atoms with Crippen molar-refractivity contribution < 1.29 is 28.7 Å². The number of hydrogen-bond donors (Lipinski definition) is 4. The Morgan fingerprint density at radius 2 is 1.07 bits per heavy atom. The van der Waals surface area contributed by atoms with Crippen LogP contribution < -0.4 is 10.6 Å². The van der Waals surface area contributed by atoms with E-state index >= 15 is 0 Å². The van der Waals surface area contributed by atoms with Crippen LogP contribution in [0.1, 0.15) is 44.4 Å². The van der Waals surface area contributed by atoms with Gasteiger partial charge in [-0.15, -0.1) is 0 Å². The normalized spacial score (nSPS) is 12.4. The number of rotatable bonds is 8. The maximum Gasteiger partial charge on any atom is 0.334 e. The first-order valence-electron chi connectivity index (χ1n) is 12.3. The van der Waals surface area contributed by atoms with Gasteiger partial charge in [0.1, 0.15) is 11.4 Å². The van der Waals surface area contributed by atoms with E-state index in [2.05, 4.69) is 25.6 Å². The van der Waals surface area contributed by atoms with Gasteiger partial charge in [-0.25, -0.2) is 14.6 Å². The number of hydrogen-bond acceptors (Lipinski definition) is 7. The molecule has 202 valence electrons. The number of amides is 2. The Hall–Kier alpha value is -5.45. The summed E-state index contributed by atoms with van der Waals surface area (Å²) < 4.78 is 9.79. The molecule has 0 aliphatic heterocycles. The summed E-state index contributed by atoms with van der Waals surface area (Å²) in [5.41, 5.74) is 2.19. The predicted molar refractivity (Wildman–Crippen MR) is 145 cm³/mol. The van der Waals surface area contributed by atoms with E-state index in [0.717, 1.165) is 21.8 Å². The van der Waals surface area contributed by atoms with Crippen LogP contribution in [0.3, 0.4) is 0 Å². The molecule has 0 aliphatic carbocycles. The third-order valence-corrected chi connectivity index (χ3v) is 6.36. The molecule has 2 amide bonds. The number of ether oxygens (including phenoxy) is 2. The fourth-order valence-electron chi connectivity index (χ4n) is 4.36. The number of benzene rings is 2. The van der Waals surface area contributed by atoms with Crippen LogP contribution in [0.4, 0.5) is 0 Å². The van der Waals surface area contributed by atoms with Crippen LogP contribution >= 0.6 is 0 Å². The van der Waals surface area contributed by atoms with Gasteiger partial charge in [-0.3, -0.25) is 9.59 Å². The number of pyridine rings is 1. The van der Waals surface area contributed by atoms with Crippen molar-refractivity contribution in [1.29, 1.82) is 0 Å². The molecule has 0 saturated heterocycles. The van der Waals surface area contributed by atoms with Crippen LogP contribution in [0.15, 0.2) is 78.9 Å².